The van der Waals surface area contributed by atoms with Crippen LogP contribution < -0.4 is 5.32 Å². The molecule has 1 aromatic carbocycles. The molecule has 0 atom stereocenters. The Bertz CT molecular complexity index is 471. The van der Waals surface area contributed by atoms with Crippen molar-refractivity contribution >= 4 is 33.5 Å². The quantitative estimate of drug-likeness (QED) is 0.838. The van der Waals surface area contributed by atoms with Crippen molar-refractivity contribution in [2.45, 2.75) is 18.9 Å². The lowest BCUT2D eigenvalue weighted by Crippen LogP contribution is -2.38. The van der Waals surface area contributed by atoms with Crippen molar-refractivity contribution in [1.82, 2.24) is 4.90 Å². The molecular weight excluding hydrogens is 312 g/mol. The molecule has 0 saturated heterocycles. The number of carbonyl (C=O) groups excluding carboxylic acids is 1. The zero-order valence-corrected chi connectivity index (χ0v) is 11.9. The van der Waals surface area contributed by atoms with Crippen molar-refractivity contribution in [3.63, 3.8) is 0 Å². The summed E-state index contributed by atoms with van der Waals surface area (Å²) < 4.78 is 0.941. The van der Waals surface area contributed by atoms with E-state index in [0.29, 0.717) is 5.69 Å². The van der Waals surface area contributed by atoms with Gasteiger partial charge in [0.1, 0.15) is 0 Å². The third-order valence-electron chi connectivity index (χ3n) is 2.88. The van der Waals surface area contributed by atoms with Crippen molar-refractivity contribution in [3.05, 3.63) is 28.7 Å². The van der Waals surface area contributed by atoms with Gasteiger partial charge in [-0.05, 0) is 37.1 Å². The van der Waals surface area contributed by atoms with Crippen molar-refractivity contribution in [2.75, 3.05) is 18.4 Å². The Hall–Kier alpha value is -1.40. The molecule has 1 fully saturated rings. The van der Waals surface area contributed by atoms with E-state index < -0.39 is 5.97 Å². The number of hydrogen-bond donors (Lipinski definition) is 2. The molecule has 1 aromatic rings. The van der Waals surface area contributed by atoms with Crippen LogP contribution in [0.15, 0.2) is 28.7 Å². The summed E-state index contributed by atoms with van der Waals surface area (Å²) in [5.74, 6) is -1.08. The van der Waals surface area contributed by atoms with Crippen LogP contribution in [0.5, 0.6) is 0 Å². The molecular formula is C13H15BrN2O3. The van der Waals surface area contributed by atoms with Crippen LogP contribution in [0.1, 0.15) is 12.8 Å². The van der Waals surface area contributed by atoms with Gasteiger partial charge in [0, 0.05) is 16.2 Å². The van der Waals surface area contributed by atoms with Gasteiger partial charge < -0.3 is 10.4 Å². The zero-order valence-electron chi connectivity index (χ0n) is 10.3. The van der Waals surface area contributed by atoms with Crippen LogP contribution in [0.25, 0.3) is 0 Å². The maximum atomic E-state index is 11.9. The van der Waals surface area contributed by atoms with Gasteiger partial charge in [0.05, 0.1) is 13.1 Å². The van der Waals surface area contributed by atoms with Gasteiger partial charge in [-0.1, -0.05) is 15.9 Å². The molecule has 0 unspecified atom stereocenters. The highest BCUT2D eigenvalue weighted by molar-refractivity contribution is 9.10. The van der Waals surface area contributed by atoms with Crippen LogP contribution in [0, 0.1) is 0 Å². The Morgan fingerprint density at radius 3 is 2.42 bits per heavy atom. The van der Waals surface area contributed by atoms with Gasteiger partial charge in [0.25, 0.3) is 0 Å². The van der Waals surface area contributed by atoms with Crippen LogP contribution >= 0.6 is 15.9 Å². The van der Waals surface area contributed by atoms with Crippen molar-refractivity contribution in [3.8, 4) is 0 Å². The fourth-order valence-electron chi connectivity index (χ4n) is 1.85. The Morgan fingerprint density at radius 2 is 1.89 bits per heavy atom. The second-order valence-corrected chi connectivity index (χ2v) is 5.50. The number of rotatable bonds is 6. The number of amides is 1. The summed E-state index contributed by atoms with van der Waals surface area (Å²) in [6.45, 7) is 0.0332. The van der Waals surface area contributed by atoms with E-state index in [1.165, 1.54) is 0 Å². The molecule has 6 heteroatoms. The van der Waals surface area contributed by atoms with E-state index in [1.807, 2.05) is 12.1 Å². The Labute approximate surface area is 119 Å². The standard InChI is InChI=1S/C13H15BrN2O3/c14-9-1-3-10(4-2-9)15-12(17)7-16(8-13(18)19)11-5-6-11/h1-4,11H,5-8H2,(H,15,17)(H,18,19). The number of aliphatic carboxylic acids is 1. The van der Waals surface area contributed by atoms with Crippen LogP contribution in [0.3, 0.4) is 0 Å². The number of carbonyl (C=O) groups is 2. The van der Waals surface area contributed by atoms with E-state index in [0.717, 1.165) is 17.3 Å². The predicted molar refractivity (Wildman–Crippen MR) is 75.0 cm³/mol. The average Bonchev–Trinajstić information content (AvgIpc) is 3.14. The van der Waals surface area contributed by atoms with Gasteiger partial charge in [-0.15, -0.1) is 0 Å². The molecule has 0 aromatic heterocycles. The van der Waals surface area contributed by atoms with E-state index in [4.69, 9.17) is 5.11 Å². The first-order valence-corrected chi connectivity index (χ1v) is 6.85. The first kappa shape index (κ1) is 14.0. The number of anilines is 1. The van der Waals surface area contributed by atoms with Gasteiger partial charge in [0.15, 0.2) is 0 Å². The Kier molecular flexibility index (Phi) is 4.55. The summed E-state index contributed by atoms with van der Waals surface area (Å²) in [5.41, 5.74) is 0.708. The maximum Gasteiger partial charge on any atom is 0.317 e. The van der Waals surface area contributed by atoms with E-state index in [9.17, 15) is 9.59 Å². The van der Waals surface area contributed by atoms with E-state index in [2.05, 4.69) is 21.2 Å². The Balaban J connectivity index is 1.88. The summed E-state index contributed by atoms with van der Waals surface area (Å²) in [7, 11) is 0. The number of benzene rings is 1. The minimum absolute atomic E-state index is 0.0849. The van der Waals surface area contributed by atoms with Gasteiger partial charge >= 0.3 is 5.97 Å². The summed E-state index contributed by atoms with van der Waals surface area (Å²) in [4.78, 5) is 24.3. The summed E-state index contributed by atoms with van der Waals surface area (Å²) in [6, 6.07) is 7.50. The molecule has 0 spiro atoms. The Morgan fingerprint density at radius 1 is 1.26 bits per heavy atom. The molecule has 1 aliphatic carbocycles. The highest BCUT2D eigenvalue weighted by atomic mass is 79.9. The second-order valence-electron chi connectivity index (χ2n) is 4.58. The molecule has 0 radical (unpaired) electrons. The normalized spacial score (nSPS) is 14.4. The smallest absolute Gasteiger partial charge is 0.317 e. The van der Waals surface area contributed by atoms with Gasteiger partial charge in [-0.3, -0.25) is 14.5 Å². The van der Waals surface area contributed by atoms with E-state index >= 15 is 0 Å². The SMILES string of the molecule is O=C(O)CN(CC(=O)Nc1ccc(Br)cc1)C1CC1. The molecule has 1 aliphatic rings. The number of carboxylic acid groups (broad SMARTS) is 1. The number of nitrogens with one attached hydrogen (secondary N) is 1. The van der Waals surface area contributed by atoms with Crippen molar-refractivity contribution in [1.29, 1.82) is 0 Å². The molecule has 1 saturated carbocycles. The van der Waals surface area contributed by atoms with Crippen LogP contribution in [0.2, 0.25) is 0 Å². The monoisotopic (exact) mass is 326 g/mol. The van der Waals surface area contributed by atoms with E-state index in [1.54, 1.807) is 17.0 Å². The zero-order chi connectivity index (χ0) is 13.8. The largest absolute Gasteiger partial charge is 0.480 e. The summed E-state index contributed by atoms with van der Waals surface area (Å²) >= 11 is 3.32. The highest BCUT2D eigenvalue weighted by Crippen LogP contribution is 2.26. The molecule has 0 aliphatic heterocycles. The number of nitrogens with zero attached hydrogens (tertiary/aromatic N) is 1. The lowest BCUT2D eigenvalue weighted by molar-refractivity contribution is -0.138. The minimum atomic E-state index is -0.900. The topological polar surface area (TPSA) is 69.6 Å². The van der Waals surface area contributed by atoms with Crippen LogP contribution in [-0.4, -0.2) is 41.0 Å². The summed E-state index contributed by atoms with van der Waals surface area (Å²) in [5, 5.41) is 11.6. The number of hydrogen-bond acceptors (Lipinski definition) is 3. The molecule has 2 rings (SSSR count). The first-order valence-electron chi connectivity index (χ1n) is 6.06. The average molecular weight is 327 g/mol. The number of carboxylic acids is 1. The fourth-order valence-corrected chi connectivity index (χ4v) is 2.11. The first-order chi connectivity index (χ1) is 9.04. The number of halogens is 1. The molecule has 5 nitrogen and oxygen atoms in total. The maximum absolute atomic E-state index is 11.9. The van der Waals surface area contributed by atoms with Gasteiger partial charge in [-0.25, -0.2) is 0 Å². The van der Waals surface area contributed by atoms with Crippen molar-refractivity contribution < 1.29 is 14.7 Å². The lowest BCUT2D eigenvalue weighted by Gasteiger charge is -2.18. The second kappa shape index (κ2) is 6.16. The molecule has 1 amide bonds. The molecule has 0 bridgehead atoms. The fraction of sp³-hybridized carbons (Fsp3) is 0.385. The summed E-state index contributed by atoms with van der Waals surface area (Å²) in [6.07, 6.45) is 1.94. The van der Waals surface area contributed by atoms with E-state index in [-0.39, 0.29) is 25.0 Å². The molecule has 19 heavy (non-hydrogen) atoms. The third kappa shape index (κ3) is 4.65. The van der Waals surface area contributed by atoms with Crippen LogP contribution in [-0.2, 0) is 9.59 Å². The minimum Gasteiger partial charge on any atom is -0.480 e. The van der Waals surface area contributed by atoms with Crippen molar-refractivity contribution in [2.24, 2.45) is 0 Å². The molecule has 0 heterocycles. The highest BCUT2D eigenvalue weighted by Gasteiger charge is 2.31. The molecule has 2 N–H and O–H groups in total. The lowest BCUT2D eigenvalue weighted by atomic mass is 10.3. The van der Waals surface area contributed by atoms with Gasteiger partial charge in [-0.2, -0.15) is 0 Å². The van der Waals surface area contributed by atoms with Gasteiger partial charge in [0.2, 0.25) is 5.91 Å². The third-order valence-corrected chi connectivity index (χ3v) is 3.40. The predicted octanol–water partition coefficient (Wildman–Crippen LogP) is 1.94. The van der Waals surface area contributed by atoms with Crippen LogP contribution in [0.4, 0.5) is 5.69 Å². The molecule has 102 valence electrons.